The molecule has 0 aliphatic carbocycles. The number of allylic oxidation sites excluding steroid dienone is 3. The van der Waals surface area contributed by atoms with Crippen molar-refractivity contribution in [2.75, 3.05) is 13.2 Å². The fraction of sp³-hybridized carbons (Fsp3) is 0.886. The smallest absolute Gasteiger partial charge is 0.220 e. The largest absolute Gasteiger partial charge is 0.394 e. The topological polar surface area (TPSA) is 149 Å². The summed E-state index contributed by atoms with van der Waals surface area (Å²) in [5.74, 6) is -0.213. The SMILES string of the molecule is CCCCCC/C=C\CCCC(=O)NC(COC1OC(CO)C(O)C(O)C1O)C(O)/C=C/CCCCCCCCCCCCCCCCCCCCC. The lowest BCUT2D eigenvalue weighted by molar-refractivity contribution is -0.302. The maximum Gasteiger partial charge on any atom is 0.220 e. The number of rotatable bonds is 36. The van der Waals surface area contributed by atoms with Crippen molar-refractivity contribution in [1.82, 2.24) is 5.32 Å². The first-order valence-electron chi connectivity index (χ1n) is 22.1. The van der Waals surface area contributed by atoms with Crippen molar-refractivity contribution in [3.63, 3.8) is 0 Å². The van der Waals surface area contributed by atoms with Crippen LogP contribution in [0.1, 0.15) is 194 Å². The summed E-state index contributed by atoms with van der Waals surface area (Å²) in [7, 11) is 0. The molecule has 7 unspecified atom stereocenters. The van der Waals surface area contributed by atoms with Crippen LogP contribution in [0.15, 0.2) is 24.3 Å². The highest BCUT2D eigenvalue weighted by atomic mass is 16.7. The van der Waals surface area contributed by atoms with Gasteiger partial charge in [0, 0.05) is 6.42 Å². The molecule has 6 N–H and O–H groups in total. The van der Waals surface area contributed by atoms with Crippen molar-refractivity contribution < 1.29 is 39.8 Å². The fourth-order valence-electron chi connectivity index (χ4n) is 6.92. The predicted molar refractivity (Wildman–Crippen MR) is 217 cm³/mol. The van der Waals surface area contributed by atoms with Gasteiger partial charge in [-0.3, -0.25) is 4.79 Å². The zero-order valence-electron chi connectivity index (χ0n) is 34.0. The van der Waals surface area contributed by atoms with Gasteiger partial charge in [0.25, 0.3) is 0 Å². The van der Waals surface area contributed by atoms with Gasteiger partial charge in [-0.25, -0.2) is 0 Å². The molecule has 7 atom stereocenters. The van der Waals surface area contributed by atoms with Crippen LogP contribution in [0.25, 0.3) is 0 Å². The third-order valence-electron chi connectivity index (χ3n) is 10.5. The molecule has 1 rings (SSSR count). The average Bonchev–Trinajstić information content (AvgIpc) is 3.16. The number of amides is 1. The Hall–Kier alpha value is -1.33. The van der Waals surface area contributed by atoms with E-state index in [1.807, 2.05) is 6.08 Å². The Balaban J connectivity index is 2.32. The molecule has 9 nitrogen and oxygen atoms in total. The van der Waals surface area contributed by atoms with E-state index in [9.17, 15) is 30.3 Å². The van der Waals surface area contributed by atoms with Crippen LogP contribution in [0.3, 0.4) is 0 Å². The van der Waals surface area contributed by atoms with Crippen LogP contribution in [0.4, 0.5) is 0 Å². The molecule has 0 aromatic carbocycles. The first-order valence-corrected chi connectivity index (χ1v) is 22.1. The number of carbonyl (C=O) groups excluding carboxylic acids is 1. The van der Waals surface area contributed by atoms with E-state index in [0.29, 0.717) is 12.8 Å². The zero-order valence-corrected chi connectivity index (χ0v) is 34.0. The van der Waals surface area contributed by atoms with E-state index in [2.05, 4.69) is 31.3 Å². The number of ether oxygens (including phenoxy) is 2. The summed E-state index contributed by atoms with van der Waals surface area (Å²) in [6, 6.07) is -0.815. The van der Waals surface area contributed by atoms with E-state index in [1.54, 1.807) is 6.08 Å². The first kappa shape index (κ1) is 49.7. The van der Waals surface area contributed by atoms with Gasteiger partial charge in [0.05, 0.1) is 25.4 Å². The lowest BCUT2D eigenvalue weighted by atomic mass is 9.99. The molecule has 0 saturated carbocycles. The molecule has 0 spiro atoms. The molecule has 1 saturated heterocycles. The Morgan fingerprint density at radius 2 is 1.06 bits per heavy atom. The zero-order chi connectivity index (χ0) is 38.8. The van der Waals surface area contributed by atoms with Crippen molar-refractivity contribution in [3.05, 3.63) is 24.3 Å². The maximum atomic E-state index is 12.8. The Bertz CT molecular complexity index is 883. The summed E-state index contributed by atoms with van der Waals surface area (Å²) in [6.45, 7) is 3.71. The second-order valence-corrected chi connectivity index (χ2v) is 15.5. The van der Waals surface area contributed by atoms with Gasteiger partial charge in [0.15, 0.2) is 6.29 Å². The fourth-order valence-corrected chi connectivity index (χ4v) is 6.92. The normalized spacial score (nSPS) is 21.8. The minimum absolute atomic E-state index is 0.198. The van der Waals surface area contributed by atoms with Crippen LogP contribution in [0.2, 0.25) is 0 Å². The van der Waals surface area contributed by atoms with E-state index in [0.717, 1.165) is 32.1 Å². The monoisotopic (exact) mass is 754 g/mol. The summed E-state index contributed by atoms with van der Waals surface area (Å²) in [5.41, 5.74) is 0. The van der Waals surface area contributed by atoms with Crippen LogP contribution in [-0.2, 0) is 14.3 Å². The van der Waals surface area contributed by atoms with Gasteiger partial charge in [-0.2, -0.15) is 0 Å². The van der Waals surface area contributed by atoms with Crippen LogP contribution < -0.4 is 5.32 Å². The quantitative estimate of drug-likeness (QED) is 0.0275. The van der Waals surface area contributed by atoms with Crippen molar-refractivity contribution >= 4 is 5.91 Å². The maximum absolute atomic E-state index is 12.8. The Kier molecular flexibility index (Phi) is 32.9. The molecule has 9 heteroatoms. The highest BCUT2D eigenvalue weighted by Crippen LogP contribution is 2.22. The van der Waals surface area contributed by atoms with Gasteiger partial charge in [-0.05, 0) is 38.5 Å². The minimum Gasteiger partial charge on any atom is -0.394 e. The molecule has 1 heterocycles. The number of hydrogen-bond acceptors (Lipinski definition) is 8. The van der Waals surface area contributed by atoms with Gasteiger partial charge in [-0.1, -0.05) is 173 Å². The van der Waals surface area contributed by atoms with E-state index >= 15 is 0 Å². The third kappa shape index (κ3) is 26.2. The first-order chi connectivity index (χ1) is 25.8. The number of hydrogen-bond donors (Lipinski definition) is 6. The average molecular weight is 754 g/mol. The van der Waals surface area contributed by atoms with Crippen LogP contribution >= 0.6 is 0 Å². The number of carbonyl (C=O) groups is 1. The Morgan fingerprint density at radius 3 is 1.55 bits per heavy atom. The molecule has 0 bridgehead atoms. The second kappa shape index (κ2) is 35.1. The molecule has 1 aliphatic rings. The molecule has 1 fully saturated rings. The van der Waals surface area contributed by atoms with Crippen LogP contribution in [0.5, 0.6) is 0 Å². The lowest BCUT2D eigenvalue weighted by Gasteiger charge is -2.40. The predicted octanol–water partition coefficient (Wildman–Crippen LogP) is 8.72. The van der Waals surface area contributed by atoms with E-state index in [-0.39, 0.29) is 12.5 Å². The molecule has 53 heavy (non-hydrogen) atoms. The second-order valence-electron chi connectivity index (χ2n) is 15.5. The summed E-state index contributed by atoms with van der Waals surface area (Å²) >= 11 is 0. The molecule has 0 radical (unpaired) electrons. The van der Waals surface area contributed by atoms with Gasteiger partial charge >= 0.3 is 0 Å². The lowest BCUT2D eigenvalue weighted by Crippen LogP contribution is -2.60. The van der Waals surface area contributed by atoms with E-state index in [4.69, 9.17) is 9.47 Å². The summed E-state index contributed by atoms with van der Waals surface area (Å²) < 4.78 is 11.2. The molecular formula is C44H83NO8. The molecule has 312 valence electrons. The Morgan fingerprint density at radius 1 is 0.623 bits per heavy atom. The van der Waals surface area contributed by atoms with Crippen LogP contribution in [0, 0.1) is 0 Å². The van der Waals surface area contributed by atoms with Gasteiger partial charge in [0.2, 0.25) is 5.91 Å². The van der Waals surface area contributed by atoms with Crippen molar-refractivity contribution in [2.24, 2.45) is 0 Å². The molecule has 0 aromatic rings. The standard InChI is InChI=1S/C44H83NO8/c1-3-5-7-9-11-13-14-15-16-17-18-19-20-21-22-23-24-26-27-29-31-33-38(47)37(36-52-44-43(51)42(50)41(49)39(35-46)53-44)45-40(48)34-32-30-28-25-12-10-8-6-4-2/h25,28,31,33,37-39,41-44,46-47,49-51H,3-24,26-27,29-30,32,34-36H2,1-2H3,(H,45,48)/b28-25-,33-31+. The summed E-state index contributed by atoms with van der Waals surface area (Å²) in [4.78, 5) is 12.8. The van der Waals surface area contributed by atoms with E-state index < -0.39 is 49.5 Å². The van der Waals surface area contributed by atoms with Gasteiger partial charge in [0.1, 0.15) is 24.4 Å². The summed E-state index contributed by atoms with van der Waals surface area (Å²) in [6.07, 6.45) is 33.9. The van der Waals surface area contributed by atoms with Crippen molar-refractivity contribution in [2.45, 2.75) is 236 Å². The Labute approximate surface area is 324 Å². The minimum atomic E-state index is -1.57. The number of unbranched alkanes of at least 4 members (excludes halogenated alkanes) is 24. The van der Waals surface area contributed by atoms with Gasteiger partial charge in [-0.15, -0.1) is 0 Å². The van der Waals surface area contributed by atoms with Gasteiger partial charge < -0.3 is 40.3 Å². The van der Waals surface area contributed by atoms with Crippen molar-refractivity contribution in [3.8, 4) is 0 Å². The van der Waals surface area contributed by atoms with Crippen LogP contribution in [-0.4, -0.2) is 87.5 Å². The molecule has 1 aliphatic heterocycles. The molecular weight excluding hydrogens is 670 g/mol. The molecule has 0 aromatic heterocycles. The van der Waals surface area contributed by atoms with E-state index in [1.165, 1.54) is 135 Å². The number of nitrogens with one attached hydrogen (secondary N) is 1. The highest BCUT2D eigenvalue weighted by Gasteiger charge is 2.44. The highest BCUT2D eigenvalue weighted by molar-refractivity contribution is 5.76. The molecule has 1 amide bonds. The number of aliphatic hydroxyl groups is 5. The van der Waals surface area contributed by atoms with Crippen molar-refractivity contribution in [1.29, 1.82) is 0 Å². The summed E-state index contributed by atoms with van der Waals surface area (Å²) in [5, 5.41) is 54.0. The third-order valence-corrected chi connectivity index (χ3v) is 10.5. The number of aliphatic hydroxyl groups excluding tert-OH is 5.